The van der Waals surface area contributed by atoms with Crippen molar-refractivity contribution in [1.29, 1.82) is 0 Å². The van der Waals surface area contributed by atoms with E-state index in [0.29, 0.717) is 0 Å². The fraction of sp³-hybridized carbons (Fsp3) is 0.545. The summed E-state index contributed by atoms with van der Waals surface area (Å²) < 4.78 is 38.1. The van der Waals surface area contributed by atoms with Crippen molar-refractivity contribution < 1.29 is 23.4 Å². The highest BCUT2D eigenvalue weighted by Gasteiger charge is 2.32. The van der Waals surface area contributed by atoms with Crippen LogP contribution >= 0.6 is 0 Å². The molecule has 0 unspecified atom stereocenters. The van der Waals surface area contributed by atoms with Crippen molar-refractivity contribution in [2.24, 2.45) is 0 Å². The van der Waals surface area contributed by atoms with Gasteiger partial charge in [0.15, 0.2) is 0 Å². The first-order valence-electron chi connectivity index (χ1n) is 5.51. The van der Waals surface area contributed by atoms with Gasteiger partial charge in [0.2, 0.25) is 0 Å². The Balaban J connectivity index is 3.14. The second-order valence-corrected chi connectivity index (χ2v) is 4.38. The highest BCUT2D eigenvalue weighted by atomic mass is 19.4. The van der Waals surface area contributed by atoms with Gasteiger partial charge in [-0.15, -0.1) is 0 Å². The van der Waals surface area contributed by atoms with Gasteiger partial charge >= 0.3 is 6.18 Å². The van der Waals surface area contributed by atoms with Crippen LogP contribution in [0.3, 0.4) is 0 Å². The lowest BCUT2D eigenvalue weighted by Crippen LogP contribution is -2.42. The molecule has 0 radical (unpaired) electrons. The zero-order chi connectivity index (χ0) is 14.7. The lowest BCUT2D eigenvalue weighted by molar-refractivity contribution is -0.137. The Morgan fingerprint density at radius 2 is 1.68 bits per heavy atom. The predicted octanol–water partition coefficient (Wildman–Crippen LogP) is 1.30. The summed E-state index contributed by atoms with van der Waals surface area (Å²) in [6.45, 7) is 0.570. The van der Waals surface area contributed by atoms with E-state index in [2.05, 4.69) is 15.6 Å². The Kier molecular flexibility index (Phi) is 4.59. The molecule has 0 aliphatic carbocycles. The summed E-state index contributed by atoms with van der Waals surface area (Å²) >= 11 is 0. The lowest BCUT2D eigenvalue weighted by atomic mass is 10.1. The average Bonchev–Trinajstić information content (AvgIpc) is 2.37. The van der Waals surface area contributed by atoms with Crippen LogP contribution in [0.2, 0.25) is 0 Å². The first kappa shape index (κ1) is 15.5. The number of hydrogen-bond acceptors (Lipinski definition) is 5. The molecule has 5 nitrogen and oxygen atoms in total. The van der Waals surface area contributed by atoms with Crippen LogP contribution in [0.25, 0.3) is 0 Å². The van der Waals surface area contributed by atoms with Crippen LogP contribution in [0.15, 0.2) is 12.1 Å². The van der Waals surface area contributed by atoms with Crippen LogP contribution in [0.1, 0.15) is 12.5 Å². The highest BCUT2D eigenvalue weighted by Crippen LogP contribution is 2.32. The van der Waals surface area contributed by atoms with Crippen LogP contribution in [0.5, 0.6) is 0 Å². The molecule has 0 aromatic carbocycles. The number of aliphatic hydroxyl groups is 2. The number of pyridine rings is 1. The molecule has 0 saturated carbocycles. The molecule has 1 rings (SSSR count). The van der Waals surface area contributed by atoms with Crippen molar-refractivity contribution in [2.45, 2.75) is 18.6 Å². The van der Waals surface area contributed by atoms with Crippen LogP contribution in [-0.4, -0.2) is 41.0 Å². The van der Waals surface area contributed by atoms with Gasteiger partial charge in [0, 0.05) is 7.05 Å². The minimum Gasteiger partial charge on any atom is -0.394 e. The zero-order valence-electron chi connectivity index (χ0n) is 10.5. The number of anilines is 2. The Morgan fingerprint density at radius 1 is 1.16 bits per heavy atom. The van der Waals surface area contributed by atoms with E-state index >= 15 is 0 Å². The molecule has 0 fully saturated rings. The van der Waals surface area contributed by atoms with Gasteiger partial charge in [0.1, 0.15) is 11.6 Å². The third kappa shape index (κ3) is 3.97. The molecule has 0 bridgehead atoms. The monoisotopic (exact) mass is 279 g/mol. The molecule has 0 aliphatic heterocycles. The molecule has 0 aliphatic rings. The maximum Gasteiger partial charge on any atom is 0.416 e. The van der Waals surface area contributed by atoms with Crippen molar-refractivity contribution in [3.63, 3.8) is 0 Å². The normalized spacial score (nSPS) is 12.4. The Morgan fingerprint density at radius 3 is 2.11 bits per heavy atom. The van der Waals surface area contributed by atoms with E-state index in [9.17, 15) is 13.2 Å². The minimum atomic E-state index is -4.50. The van der Waals surface area contributed by atoms with E-state index in [1.165, 1.54) is 14.0 Å². The third-order valence-corrected chi connectivity index (χ3v) is 2.54. The summed E-state index contributed by atoms with van der Waals surface area (Å²) in [4.78, 5) is 3.90. The molecule has 108 valence electrons. The number of hydrogen-bond donors (Lipinski definition) is 4. The number of rotatable bonds is 5. The smallest absolute Gasteiger partial charge is 0.394 e. The summed E-state index contributed by atoms with van der Waals surface area (Å²) in [6.07, 6.45) is -4.50. The average molecular weight is 279 g/mol. The molecule has 1 aromatic heterocycles. The van der Waals surface area contributed by atoms with Crippen molar-refractivity contribution in [3.05, 3.63) is 17.7 Å². The van der Waals surface area contributed by atoms with E-state index in [1.807, 2.05) is 0 Å². The molecule has 0 atom stereocenters. The summed E-state index contributed by atoms with van der Waals surface area (Å²) in [6, 6.07) is 1.70. The standard InChI is InChI=1S/C11H16F3N3O2/c1-10(5-18,6-19)17-9-4-7(11(12,13)14)3-8(15-2)16-9/h3-4,18-19H,5-6H2,1-2H3,(H2,15,16,17). The minimum absolute atomic E-state index is 0.0376. The molecule has 0 spiro atoms. The fourth-order valence-corrected chi connectivity index (χ4v) is 1.32. The molecular formula is C11H16F3N3O2. The molecule has 1 aromatic rings. The number of nitrogens with one attached hydrogen (secondary N) is 2. The summed E-state index contributed by atoms with van der Waals surface area (Å²) in [5.41, 5.74) is -2.02. The Labute approximate surface area is 108 Å². The lowest BCUT2D eigenvalue weighted by Gasteiger charge is -2.27. The maximum absolute atomic E-state index is 12.7. The SMILES string of the molecule is CNc1cc(C(F)(F)F)cc(NC(C)(CO)CO)n1. The van der Waals surface area contributed by atoms with E-state index < -0.39 is 30.5 Å². The van der Waals surface area contributed by atoms with Gasteiger partial charge in [-0.25, -0.2) is 4.98 Å². The summed E-state index contributed by atoms with van der Waals surface area (Å²) in [5.74, 6) is -0.0414. The van der Waals surface area contributed by atoms with Crippen LogP contribution < -0.4 is 10.6 Å². The number of aliphatic hydroxyl groups excluding tert-OH is 2. The van der Waals surface area contributed by atoms with Crippen molar-refractivity contribution >= 4 is 11.6 Å². The van der Waals surface area contributed by atoms with Gasteiger partial charge in [-0.1, -0.05) is 0 Å². The van der Waals surface area contributed by atoms with Crippen molar-refractivity contribution in [3.8, 4) is 0 Å². The van der Waals surface area contributed by atoms with E-state index in [1.54, 1.807) is 0 Å². The third-order valence-electron chi connectivity index (χ3n) is 2.54. The largest absolute Gasteiger partial charge is 0.416 e. The second-order valence-electron chi connectivity index (χ2n) is 4.38. The number of alkyl halides is 3. The molecule has 1 heterocycles. The summed E-state index contributed by atoms with van der Waals surface area (Å²) in [5, 5.41) is 23.3. The first-order chi connectivity index (χ1) is 8.74. The molecule has 0 amide bonds. The summed E-state index contributed by atoms with van der Waals surface area (Å²) in [7, 11) is 1.45. The number of aromatic nitrogens is 1. The number of halogens is 3. The van der Waals surface area contributed by atoms with Gasteiger partial charge in [0.25, 0.3) is 0 Å². The van der Waals surface area contributed by atoms with E-state index in [4.69, 9.17) is 10.2 Å². The molecule has 0 saturated heterocycles. The molecule has 19 heavy (non-hydrogen) atoms. The van der Waals surface area contributed by atoms with Crippen LogP contribution in [0, 0.1) is 0 Å². The van der Waals surface area contributed by atoms with E-state index in [0.717, 1.165) is 12.1 Å². The van der Waals surface area contributed by atoms with Crippen molar-refractivity contribution in [2.75, 3.05) is 30.9 Å². The van der Waals surface area contributed by atoms with Crippen LogP contribution in [0.4, 0.5) is 24.8 Å². The zero-order valence-corrected chi connectivity index (χ0v) is 10.5. The van der Waals surface area contributed by atoms with Gasteiger partial charge in [-0.05, 0) is 19.1 Å². The predicted molar refractivity (Wildman–Crippen MR) is 65.0 cm³/mol. The van der Waals surface area contributed by atoms with Crippen LogP contribution in [-0.2, 0) is 6.18 Å². The van der Waals surface area contributed by atoms with Gasteiger partial charge in [-0.3, -0.25) is 0 Å². The molecular weight excluding hydrogens is 263 g/mol. The topological polar surface area (TPSA) is 77.4 Å². The Hall–Kier alpha value is -1.54. The quantitative estimate of drug-likeness (QED) is 0.653. The van der Waals surface area contributed by atoms with Gasteiger partial charge in [-0.2, -0.15) is 13.2 Å². The maximum atomic E-state index is 12.7. The van der Waals surface area contributed by atoms with Gasteiger partial charge < -0.3 is 20.8 Å². The number of nitrogens with zero attached hydrogens (tertiary/aromatic N) is 1. The molecule has 4 N–H and O–H groups in total. The molecule has 8 heteroatoms. The van der Waals surface area contributed by atoms with Gasteiger partial charge in [0.05, 0.1) is 24.3 Å². The fourth-order valence-electron chi connectivity index (χ4n) is 1.32. The second kappa shape index (κ2) is 5.62. The first-order valence-corrected chi connectivity index (χ1v) is 5.51. The van der Waals surface area contributed by atoms with E-state index in [-0.39, 0.29) is 11.6 Å². The Bertz CT molecular complexity index is 434. The highest BCUT2D eigenvalue weighted by molar-refractivity contribution is 5.50. The van der Waals surface area contributed by atoms with Crippen molar-refractivity contribution in [1.82, 2.24) is 4.98 Å².